The molecule has 1 N–H and O–H groups in total. The lowest BCUT2D eigenvalue weighted by Crippen LogP contribution is -2.38. The molecule has 0 saturated carbocycles. The van der Waals surface area contributed by atoms with Gasteiger partial charge in [0, 0.05) is 25.6 Å². The summed E-state index contributed by atoms with van der Waals surface area (Å²) in [5.74, 6) is 0.490. The van der Waals surface area contributed by atoms with Gasteiger partial charge in [-0.3, -0.25) is 5.32 Å². The summed E-state index contributed by atoms with van der Waals surface area (Å²) < 4.78 is 5.72. The summed E-state index contributed by atoms with van der Waals surface area (Å²) in [4.78, 5) is 14.2. The van der Waals surface area contributed by atoms with Gasteiger partial charge in [0.1, 0.15) is 5.01 Å². The molecule has 7 heteroatoms. The van der Waals surface area contributed by atoms with E-state index in [1.165, 1.54) is 11.3 Å². The number of nitrogens with one attached hydrogen (secondary N) is 1. The quantitative estimate of drug-likeness (QED) is 0.908. The van der Waals surface area contributed by atoms with Crippen molar-refractivity contribution in [1.82, 2.24) is 15.1 Å². The second-order valence-electron chi connectivity index (χ2n) is 5.33. The monoisotopic (exact) mass is 296 g/mol. The summed E-state index contributed by atoms with van der Waals surface area (Å²) in [5.41, 5.74) is 0. The molecule has 2 atom stereocenters. The number of likely N-dealkylation sites (tertiary alicyclic amines) is 1. The third-order valence-electron chi connectivity index (χ3n) is 3.99. The van der Waals surface area contributed by atoms with Gasteiger partial charge in [-0.1, -0.05) is 18.3 Å². The normalized spacial score (nSPS) is 26.1. The van der Waals surface area contributed by atoms with Crippen LogP contribution < -0.4 is 5.32 Å². The van der Waals surface area contributed by atoms with Gasteiger partial charge in [0.25, 0.3) is 0 Å². The van der Waals surface area contributed by atoms with E-state index in [1.807, 2.05) is 11.8 Å². The number of carbonyl (C=O) groups is 1. The molecule has 20 heavy (non-hydrogen) atoms. The van der Waals surface area contributed by atoms with E-state index in [1.54, 1.807) is 0 Å². The Labute approximate surface area is 122 Å². The molecule has 3 rings (SSSR count). The third kappa shape index (κ3) is 2.93. The van der Waals surface area contributed by atoms with E-state index < -0.39 is 0 Å². The average Bonchev–Trinajstić information content (AvgIpc) is 3.03. The summed E-state index contributed by atoms with van der Waals surface area (Å²) in [6.07, 6.45) is 4.32. The van der Waals surface area contributed by atoms with Crippen molar-refractivity contribution in [3.05, 3.63) is 5.01 Å². The van der Waals surface area contributed by atoms with Crippen molar-refractivity contribution >= 4 is 22.5 Å². The van der Waals surface area contributed by atoms with Gasteiger partial charge >= 0.3 is 6.03 Å². The highest BCUT2D eigenvalue weighted by Gasteiger charge is 2.33. The van der Waals surface area contributed by atoms with Crippen LogP contribution in [-0.4, -0.2) is 46.9 Å². The minimum Gasteiger partial charge on any atom is -0.378 e. The second kappa shape index (κ2) is 6.05. The van der Waals surface area contributed by atoms with Crippen LogP contribution in [0.2, 0.25) is 0 Å². The highest BCUT2D eigenvalue weighted by atomic mass is 32.1. The number of anilines is 1. The van der Waals surface area contributed by atoms with E-state index in [4.69, 9.17) is 4.74 Å². The molecule has 2 aliphatic rings. The van der Waals surface area contributed by atoms with Crippen LogP contribution in [0.3, 0.4) is 0 Å². The fourth-order valence-corrected chi connectivity index (χ4v) is 3.55. The summed E-state index contributed by atoms with van der Waals surface area (Å²) in [6.45, 7) is 4.44. The van der Waals surface area contributed by atoms with E-state index in [2.05, 4.69) is 15.5 Å². The van der Waals surface area contributed by atoms with E-state index in [-0.39, 0.29) is 6.03 Å². The van der Waals surface area contributed by atoms with Crippen LogP contribution >= 0.6 is 11.3 Å². The summed E-state index contributed by atoms with van der Waals surface area (Å²) >= 11 is 1.44. The largest absolute Gasteiger partial charge is 0.378 e. The first-order valence-corrected chi connectivity index (χ1v) is 8.08. The minimum absolute atomic E-state index is 0.0589. The van der Waals surface area contributed by atoms with Crippen LogP contribution in [0.5, 0.6) is 0 Å². The molecule has 0 aliphatic carbocycles. The second-order valence-corrected chi connectivity index (χ2v) is 6.39. The predicted molar refractivity (Wildman–Crippen MR) is 77.0 cm³/mol. The zero-order valence-electron chi connectivity index (χ0n) is 11.7. The number of aromatic nitrogens is 2. The van der Waals surface area contributed by atoms with Crippen molar-refractivity contribution < 1.29 is 9.53 Å². The molecular weight excluding hydrogens is 276 g/mol. The first-order chi connectivity index (χ1) is 9.76. The first kappa shape index (κ1) is 13.8. The van der Waals surface area contributed by atoms with Crippen LogP contribution in [0.15, 0.2) is 0 Å². The maximum Gasteiger partial charge on any atom is 0.323 e. The molecule has 0 bridgehead atoms. The number of rotatable bonds is 2. The highest BCUT2D eigenvalue weighted by molar-refractivity contribution is 7.15. The summed E-state index contributed by atoms with van der Waals surface area (Å²) in [5, 5.41) is 12.4. The van der Waals surface area contributed by atoms with E-state index >= 15 is 0 Å². The molecule has 0 aromatic carbocycles. The number of hydrogen-bond acceptors (Lipinski definition) is 5. The Morgan fingerprint density at radius 1 is 1.50 bits per heavy atom. The molecule has 2 saturated heterocycles. The van der Waals surface area contributed by atoms with Gasteiger partial charge in [-0.15, -0.1) is 10.2 Å². The average molecular weight is 296 g/mol. The zero-order valence-corrected chi connectivity index (χ0v) is 12.5. The molecule has 0 spiro atoms. The number of urea groups is 1. The van der Waals surface area contributed by atoms with Gasteiger partial charge in [0.05, 0.1) is 6.10 Å². The zero-order chi connectivity index (χ0) is 13.9. The molecule has 3 heterocycles. The molecule has 2 fully saturated rings. The molecule has 0 radical (unpaired) electrons. The maximum absolute atomic E-state index is 12.3. The number of nitrogens with zero attached hydrogens (tertiary/aromatic N) is 3. The van der Waals surface area contributed by atoms with Crippen LogP contribution in [0.1, 0.15) is 31.2 Å². The number of amides is 2. The van der Waals surface area contributed by atoms with Gasteiger partial charge in [0.15, 0.2) is 0 Å². The maximum atomic E-state index is 12.3. The van der Waals surface area contributed by atoms with Gasteiger partial charge in [-0.2, -0.15) is 0 Å². The standard InChI is InChI=1S/C13H20N4O2S/c1-2-11-15-16-12(20-11)14-13(18)17-6-3-4-10-9(8-17)5-7-19-10/h9-10H,2-8H2,1H3,(H,14,16,18)/t9-,10+/m1/s1. The van der Waals surface area contributed by atoms with Crippen molar-refractivity contribution in [2.24, 2.45) is 5.92 Å². The Kier molecular flexibility index (Phi) is 4.16. The van der Waals surface area contributed by atoms with Crippen molar-refractivity contribution in [3.63, 3.8) is 0 Å². The number of fused-ring (bicyclic) bond motifs is 1. The minimum atomic E-state index is -0.0589. The van der Waals surface area contributed by atoms with E-state index in [9.17, 15) is 4.79 Å². The van der Waals surface area contributed by atoms with Crippen LogP contribution in [0, 0.1) is 5.92 Å². The Bertz CT molecular complexity index is 479. The van der Waals surface area contributed by atoms with Gasteiger partial charge in [-0.05, 0) is 25.7 Å². The number of ether oxygens (including phenoxy) is 1. The Balaban J connectivity index is 1.61. The smallest absolute Gasteiger partial charge is 0.323 e. The first-order valence-electron chi connectivity index (χ1n) is 7.26. The fourth-order valence-electron chi connectivity index (χ4n) is 2.88. The lowest BCUT2D eigenvalue weighted by atomic mass is 9.99. The molecule has 2 aliphatic heterocycles. The Hall–Kier alpha value is -1.21. The van der Waals surface area contributed by atoms with E-state index in [0.29, 0.717) is 17.2 Å². The summed E-state index contributed by atoms with van der Waals surface area (Å²) in [6, 6.07) is -0.0589. The van der Waals surface area contributed by atoms with Gasteiger partial charge < -0.3 is 9.64 Å². The SMILES string of the molecule is CCc1nnc(NC(=O)N2CCC[C@@H]3OCC[C@@H]3C2)s1. The molecule has 2 amide bonds. The van der Waals surface area contributed by atoms with Crippen LogP contribution in [0.25, 0.3) is 0 Å². The highest BCUT2D eigenvalue weighted by Crippen LogP contribution is 2.28. The van der Waals surface area contributed by atoms with Crippen LogP contribution in [-0.2, 0) is 11.2 Å². The van der Waals surface area contributed by atoms with Gasteiger partial charge in [-0.25, -0.2) is 4.79 Å². The fraction of sp³-hybridized carbons (Fsp3) is 0.769. The summed E-state index contributed by atoms with van der Waals surface area (Å²) in [7, 11) is 0. The van der Waals surface area contributed by atoms with Crippen molar-refractivity contribution in [2.75, 3.05) is 25.0 Å². The third-order valence-corrected chi connectivity index (χ3v) is 4.97. The van der Waals surface area contributed by atoms with Crippen molar-refractivity contribution in [1.29, 1.82) is 0 Å². The topological polar surface area (TPSA) is 67.4 Å². The molecule has 1 aromatic heterocycles. The predicted octanol–water partition coefficient (Wildman–Crippen LogP) is 2.13. The molecule has 0 unspecified atom stereocenters. The number of carbonyl (C=O) groups excluding carboxylic acids is 1. The Morgan fingerprint density at radius 2 is 2.40 bits per heavy atom. The lowest BCUT2D eigenvalue weighted by Gasteiger charge is -2.23. The van der Waals surface area contributed by atoms with Gasteiger partial charge in [0.2, 0.25) is 5.13 Å². The van der Waals surface area contributed by atoms with Crippen LogP contribution in [0.4, 0.5) is 9.93 Å². The molecule has 110 valence electrons. The molecule has 6 nitrogen and oxygen atoms in total. The van der Waals surface area contributed by atoms with E-state index in [0.717, 1.165) is 50.4 Å². The number of hydrogen-bond donors (Lipinski definition) is 1. The van der Waals surface area contributed by atoms with Crippen molar-refractivity contribution in [2.45, 2.75) is 38.7 Å². The molecular formula is C13H20N4O2S. The lowest BCUT2D eigenvalue weighted by molar-refractivity contribution is 0.0860. The number of aryl methyl sites for hydroxylation is 1. The van der Waals surface area contributed by atoms with Crippen molar-refractivity contribution in [3.8, 4) is 0 Å². The molecule has 1 aromatic rings. The Morgan fingerprint density at radius 3 is 3.20 bits per heavy atom.